The average molecular weight is 527 g/mol. The van der Waals surface area contributed by atoms with Crippen LogP contribution in [-0.4, -0.2) is 40.6 Å². The van der Waals surface area contributed by atoms with E-state index >= 15 is 0 Å². The van der Waals surface area contributed by atoms with Crippen LogP contribution in [0.4, 0.5) is 10.1 Å². The van der Waals surface area contributed by atoms with Crippen LogP contribution < -0.4 is 5.32 Å². The van der Waals surface area contributed by atoms with Gasteiger partial charge in [-0.05, 0) is 49.6 Å². The number of nitrogens with one attached hydrogen (secondary N) is 1. The molecule has 1 atom stereocenters. The molecule has 4 aromatic rings. The number of aryl methyl sites for hydroxylation is 2. The first-order valence-electron chi connectivity index (χ1n) is 11.6. The number of amides is 1. The molecule has 1 N–H and O–H groups in total. The lowest BCUT2D eigenvalue weighted by Gasteiger charge is -2.13. The normalized spacial score (nSPS) is 16.9. The Balaban J connectivity index is 1.66. The van der Waals surface area contributed by atoms with Crippen molar-refractivity contribution < 1.29 is 17.6 Å². The molecule has 1 aliphatic heterocycles. The molecule has 10 heteroatoms. The summed E-state index contributed by atoms with van der Waals surface area (Å²) in [6.45, 7) is 3.84. The molecule has 0 aliphatic carbocycles. The zero-order valence-corrected chi connectivity index (χ0v) is 21.3. The number of hydrogen-bond donors (Lipinski definition) is 1. The van der Waals surface area contributed by atoms with Gasteiger partial charge in [0.1, 0.15) is 5.82 Å². The summed E-state index contributed by atoms with van der Waals surface area (Å²) in [6.07, 6.45) is 1.33. The highest BCUT2D eigenvalue weighted by atomic mass is 35.5. The van der Waals surface area contributed by atoms with Gasteiger partial charge in [0.25, 0.3) is 5.91 Å². The molecular formula is C26H24ClFN4O3S. The predicted molar refractivity (Wildman–Crippen MR) is 139 cm³/mol. The minimum absolute atomic E-state index is 0.0179. The third-order valence-electron chi connectivity index (χ3n) is 6.47. The van der Waals surface area contributed by atoms with Gasteiger partial charge in [-0.3, -0.25) is 4.79 Å². The average Bonchev–Trinajstić information content (AvgIpc) is 3.39. The van der Waals surface area contributed by atoms with Crippen LogP contribution in [0.25, 0.3) is 22.3 Å². The number of carbonyl (C=O) groups is 1. The van der Waals surface area contributed by atoms with Crippen molar-refractivity contribution in [3.05, 3.63) is 76.2 Å². The van der Waals surface area contributed by atoms with Crippen LogP contribution in [0.2, 0.25) is 5.02 Å². The molecule has 2 aromatic carbocycles. The smallest absolute Gasteiger partial charge is 0.256 e. The fourth-order valence-corrected chi connectivity index (χ4v) is 6.42. The molecule has 0 radical (unpaired) electrons. The van der Waals surface area contributed by atoms with Gasteiger partial charge >= 0.3 is 0 Å². The van der Waals surface area contributed by atoms with Crippen molar-refractivity contribution in [2.75, 3.05) is 16.8 Å². The van der Waals surface area contributed by atoms with Gasteiger partial charge < -0.3 is 5.32 Å². The van der Waals surface area contributed by atoms with Gasteiger partial charge in [-0.2, -0.15) is 5.10 Å². The number of fused-ring (bicyclic) bond motifs is 1. The Kier molecular flexibility index (Phi) is 6.30. The summed E-state index contributed by atoms with van der Waals surface area (Å²) in [4.78, 5) is 18.3. The van der Waals surface area contributed by atoms with E-state index in [2.05, 4.69) is 17.3 Å². The summed E-state index contributed by atoms with van der Waals surface area (Å²) in [5.41, 5.74) is 4.25. The molecule has 36 heavy (non-hydrogen) atoms. The molecule has 1 amide bonds. The molecule has 5 rings (SSSR count). The van der Waals surface area contributed by atoms with Crippen molar-refractivity contribution >= 4 is 44.1 Å². The topological polar surface area (TPSA) is 94.0 Å². The van der Waals surface area contributed by atoms with E-state index in [0.29, 0.717) is 40.1 Å². The number of sulfone groups is 1. The number of rotatable bonds is 5. The lowest BCUT2D eigenvalue weighted by atomic mass is 10.0. The summed E-state index contributed by atoms with van der Waals surface area (Å²) >= 11 is 5.89. The maximum Gasteiger partial charge on any atom is 0.256 e. The zero-order valence-electron chi connectivity index (χ0n) is 19.8. The number of hydrogen-bond acceptors (Lipinski definition) is 5. The number of nitrogens with zero attached hydrogens (tertiary/aromatic N) is 3. The van der Waals surface area contributed by atoms with E-state index in [1.165, 1.54) is 23.8 Å². The maximum atomic E-state index is 13.6. The lowest BCUT2D eigenvalue weighted by Crippen LogP contribution is -2.15. The molecule has 1 aliphatic rings. The van der Waals surface area contributed by atoms with Gasteiger partial charge in [-0.25, -0.2) is 22.5 Å². The highest BCUT2D eigenvalue weighted by molar-refractivity contribution is 7.91. The van der Waals surface area contributed by atoms with Crippen LogP contribution >= 0.6 is 11.6 Å². The van der Waals surface area contributed by atoms with Gasteiger partial charge in [0.05, 0.1) is 44.9 Å². The Morgan fingerprint density at radius 2 is 1.94 bits per heavy atom. The highest BCUT2D eigenvalue weighted by Crippen LogP contribution is 2.33. The zero-order chi connectivity index (χ0) is 25.6. The minimum Gasteiger partial charge on any atom is -0.322 e. The van der Waals surface area contributed by atoms with Crippen molar-refractivity contribution in [1.82, 2.24) is 14.8 Å². The third kappa shape index (κ3) is 4.60. The molecule has 186 valence electrons. The summed E-state index contributed by atoms with van der Waals surface area (Å²) in [5, 5.41) is 7.84. The van der Waals surface area contributed by atoms with E-state index in [0.717, 1.165) is 12.0 Å². The number of carbonyl (C=O) groups excluding carboxylic acids is 1. The molecule has 0 saturated carbocycles. The fraction of sp³-hybridized carbons (Fsp3) is 0.269. The van der Waals surface area contributed by atoms with Gasteiger partial charge in [0.2, 0.25) is 0 Å². The number of benzene rings is 2. The predicted octanol–water partition coefficient (Wildman–Crippen LogP) is 5.37. The first kappa shape index (κ1) is 24.4. The molecule has 3 heterocycles. The minimum atomic E-state index is -3.16. The Morgan fingerprint density at radius 3 is 2.58 bits per heavy atom. The highest BCUT2D eigenvalue weighted by Gasteiger charge is 2.32. The Morgan fingerprint density at radius 1 is 1.19 bits per heavy atom. The fourth-order valence-electron chi connectivity index (χ4n) is 4.55. The molecule has 0 bridgehead atoms. The Labute approximate surface area is 213 Å². The number of aromatic nitrogens is 3. The van der Waals surface area contributed by atoms with Crippen molar-refractivity contribution in [2.24, 2.45) is 0 Å². The van der Waals surface area contributed by atoms with Crippen LogP contribution in [0, 0.1) is 12.7 Å². The van der Waals surface area contributed by atoms with Crippen LogP contribution in [0.15, 0.2) is 48.5 Å². The van der Waals surface area contributed by atoms with Crippen molar-refractivity contribution in [3.8, 4) is 11.3 Å². The third-order valence-corrected chi connectivity index (χ3v) is 8.51. The molecular weight excluding hydrogens is 503 g/mol. The SMILES string of the molecule is CCc1ccc(-c2cc(C(=O)Nc3ccc(F)c(Cl)c3)c3c(C)nn(C4CCS(=O)(=O)C4)c3n2)cc1. The van der Waals surface area contributed by atoms with Crippen molar-refractivity contribution in [2.45, 2.75) is 32.7 Å². The number of anilines is 1. The van der Waals surface area contributed by atoms with E-state index in [4.69, 9.17) is 16.6 Å². The van der Waals surface area contributed by atoms with E-state index in [1.54, 1.807) is 17.7 Å². The van der Waals surface area contributed by atoms with E-state index in [-0.39, 0.29) is 22.6 Å². The van der Waals surface area contributed by atoms with Crippen LogP contribution in [-0.2, 0) is 16.3 Å². The molecule has 0 spiro atoms. The molecule has 1 unspecified atom stereocenters. The summed E-state index contributed by atoms with van der Waals surface area (Å²) in [6, 6.07) is 13.2. The second-order valence-corrected chi connectivity index (χ2v) is 11.6. The van der Waals surface area contributed by atoms with Gasteiger partial charge in [-0.15, -0.1) is 0 Å². The van der Waals surface area contributed by atoms with Crippen LogP contribution in [0.1, 0.15) is 41.0 Å². The van der Waals surface area contributed by atoms with E-state index in [9.17, 15) is 17.6 Å². The molecule has 2 aromatic heterocycles. The summed E-state index contributed by atoms with van der Waals surface area (Å²) in [7, 11) is -3.16. The maximum absolute atomic E-state index is 13.6. The second-order valence-electron chi connectivity index (χ2n) is 8.97. The Hall–Kier alpha value is -3.30. The first-order valence-corrected chi connectivity index (χ1v) is 13.8. The van der Waals surface area contributed by atoms with Crippen molar-refractivity contribution in [1.29, 1.82) is 0 Å². The van der Waals surface area contributed by atoms with Gasteiger partial charge in [-0.1, -0.05) is 42.8 Å². The standard InChI is InChI=1S/C26H24ClFN4O3S/c1-3-16-4-6-17(7-5-16)23-13-20(26(33)29-18-8-9-22(28)21(27)12-18)24-15(2)31-32(25(24)30-23)19-10-11-36(34,35)14-19/h4-9,12-13,19H,3,10-11,14H2,1-2H3,(H,29,33). The van der Waals surface area contributed by atoms with E-state index in [1.807, 2.05) is 24.3 Å². The molecule has 7 nitrogen and oxygen atoms in total. The second kappa shape index (κ2) is 9.29. The lowest BCUT2D eigenvalue weighted by molar-refractivity contribution is 0.102. The number of pyridine rings is 1. The first-order chi connectivity index (χ1) is 17.1. The monoisotopic (exact) mass is 526 g/mol. The van der Waals surface area contributed by atoms with Crippen LogP contribution in [0.5, 0.6) is 0 Å². The molecule has 1 fully saturated rings. The van der Waals surface area contributed by atoms with E-state index < -0.39 is 21.6 Å². The summed E-state index contributed by atoms with van der Waals surface area (Å²) < 4.78 is 39.6. The quantitative estimate of drug-likeness (QED) is 0.377. The van der Waals surface area contributed by atoms with Crippen molar-refractivity contribution in [3.63, 3.8) is 0 Å². The largest absolute Gasteiger partial charge is 0.322 e. The molecule has 1 saturated heterocycles. The van der Waals surface area contributed by atoms with Gasteiger partial charge in [0.15, 0.2) is 15.5 Å². The Bertz CT molecular complexity index is 1600. The number of halogens is 2. The van der Waals surface area contributed by atoms with Crippen LogP contribution in [0.3, 0.4) is 0 Å². The van der Waals surface area contributed by atoms with Gasteiger partial charge in [0, 0.05) is 11.3 Å². The summed E-state index contributed by atoms with van der Waals surface area (Å²) in [5.74, 6) is -0.939.